The molecule has 1 saturated heterocycles. The van der Waals surface area contributed by atoms with Crippen molar-refractivity contribution in [2.75, 3.05) is 38.1 Å². The summed E-state index contributed by atoms with van der Waals surface area (Å²) in [4.78, 5) is 4.99. The highest BCUT2D eigenvalue weighted by molar-refractivity contribution is 5.57. The molecule has 2 aliphatic rings. The van der Waals surface area contributed by atoms with Gasteiger partial charge in [0.05, 0.1) is 0 Å². The number of benzene rings is 1. The third-order valence-electron chi connectivity index (χ3n) is 4.91. The van der Waals surface area contributed by atoms with E-state index in [0.717, 1.165) is 12.6 Å². The molecule has 3 nitrogen and oxygen atoms in total. The van der Waals surface area contributed by atoms with E-state index in [1.165, 1.54) is 50.1 Å². The molecule has 20 heavy (non-hydrogen) atoms. The van der Waals surface area contributed by atoms with Crippen LogP contribution >= 0.6 is 0 Å². The van der Waals surface area contributed by atoms with E-state index in [4.69, 9.17) is 0 Å². The molecule has 0 radical (unpaired) electrons. The van der Waals surface area contributed by atoms with Crippen LogP contribution in [0, 0.1) is 0 Å². The van der Waals surface area contributed by atoms with Crippen molar-refractivity contribution in [1.82, 2.24) is 10.2 Å². The summed E-state index contributed by atoms with van der Waals surface area (Å²) in [5.41, 5.74) is 2.98. The molecule has 2 aliphatic heterocycles. The maximum absolute atomic E-state index is 3.72. The Morgan fingerprint density at radius 1 is 1.30 bits per heavy atom. The maximum Gasteiger partial charge on any atom is 0.0399 e. The minimum atomic E-state index is 0.695. The summed E-state index contributed by atoms with van der Waals surface area (Å²) in [7, 11) is 2.23. The minimum Gasteiger partial charge on any atom is -0.371 e. The number of anilines is 1. The van der Waals surface area contributed by atoms with Crippen molar-refractivity contribution < 1.29 is 0 Å². The van der Waals surface area contributed by atoms with E-state index in [-0.39, 0.29) is 0 Å². The zero-order valence-electron chi connectivity index (χ0n) is 12.8. The third-order valence-corrected chi connectivity index (χ3v) is 4.91. The van der Waals surface area contributed by atoms with Crippen LogP contribution in [0.25, 0.3) is 0 Å². The van der Waals surface area contributed by atoms with Gasteiger partial charge in [0.2, 0.25) is 0 Å². The summed E-state index contributed by atoms with van der Waals surface area (Å²) in [5.74, 6) is 0. The number of hydrogen-bond donors (Lipinski definition) is 1. The monoisotopic (exact) mass is 273 g/mol. The topological polar surface area (TPSA) is 18.5 Å². The van der Waals surface area contributed by atoms with Crippen LogP contribution in [0.5, 0.6) is 0 Å². The molecule has 110 valence electrons. The van der Waals surface area contributed by atoms with Crippen LogP contribution in [0.3, 0.4) is 0 Å². The first kappa shape index (κ1) is 13.9. The Labute approximate surface area is 123 Å². The average molecular weight is 273 g/mol. The molecule has 0 spiro atoms. The summed E-state index contributed by atoms with van der Waals surface area (Å²) < 4.78 is 0. The van der Waals surface area contributed by atoms with E-state index in [2.05, 4.69) is 53.4 Å². The normalized spacial score (nSPS) is 26.2. The van der Waals surface area contributed by atoms with E-state index < -0.39 is 0 Å². The largest absolute Gasteiger partial charge is 0.371 e. The molecule has 0 bridgehead atoms. The molecule has 0 saturated carbocycles. The van der Waals surface area contributed by atoms with Gasteiger partial charge in [0.15, 0.2) is 0 Å². The number of likely N-dealkylation sites (tertiary alicyclic amines) is 1. The summed E-state index contributed by atoms with van der Waals surface area (Å²) >= 11 is 0. The van der Waals surface area contributed by atoms with Gasteiger partial charge in [-0.05, 0) is 51.4 Å². The molecular weight excluding hydrogens is 246 g/mol. The van der Waals surface area contributed by atoms with Crippen LogP contribution < -0.4 is 10.2 Å². The highest BCUT2D eigenvalue weighted by atomic mass is 15.2. The van der Waals surface area contributed by atoms with Gasteiger partial charge in [-0.2, -0.15) is 0 Å². The predicted molar refractivity (Wildman–Crippen MR) is 85.5 cm³/mol. The Kier molecular flexibility index (Phi) is 4.27. The zero-order chi connectivity index (χ0) is 13.9. The van der Waals surface area contributed by atoms with Gasteiger partial charge < -0.3 is 15.1 Å². The van der Waals surface area contributed by atoms with Crippen LogP contribution in [0.1, 0.15) is 25.3 Å². The van der Waals surface area contributed by atoms with E-state index in [1.54, 1.807) is 0 Å². The Morgan fingerprint density at radius 2 is 2.15 bits per heavy atom. The molecular formula is C17H27N3. The lowest BCUT2D eigenvalue weighted by molar-refractivity contribution is 0.326. The molecule has 3 rings (SSSR count). The van der Waals surface area contributed by atoms with Gasteiger partial charge in [-0.3, -0.25) is 0 Å². The molecule has 0 aliphatic carbocycles. The standard InChI is InChI=1S/C17H27N3/c1-14-12-16(13-19(14)2)18-9-5-10-20-11-8-15-6-3-4-7-17(15)20/h3-4,6-7,14,16,18H,5,8-13H2,1-2H3. The summed E-state index contributed by atoms with van der Waals surface area (Å²) in [6.45, 7) is 7.05. The predicted octanol–water partition coefficient (Wildman–Crippen LogP) is 2.12. The molecule has 3 heteroatoms. The molecule has 1 fully saturated rings. The van der Waals surface area contributed by atoms with Gasteiger partial charge in [0.1, 0.15) is 0 Å². The van der Waals surface area contributed by atoms with Crippen LogP contribution in [0.15, 0.2) is 24.3 Å². The zero-order valence-corrected chi connectivity index (χ0v) is 12.8. The van der Waals surface area contributed by atoms with Crippen LogP contribution in [0.2, 0.25) is 0 Å². The molecule has 2 heterocycles. The van der Waals surface area contributed by atoms with Crippen molar-refractivity contribution in [3.8, 4) is 0 Å². The molecule has 1 aromatic carbocycles. The summed E-state index contributed by atoms with van der Waals surface area (Å²) in [6, 6.07) is 10.3. The summed E-state index contributed by atoms with van der Waals surface area (Å²) in [6.07, 6.45) is 3.75. The van der Waals surface area contributed by atoms with Gasteiger partial charge >= 0.3 is 0 Å². The first-order valence-electron chi connectivity index (χ1n) is 8.00. The fourth-order valence-electron chi connectivity index (χ4n) is 3.56. The lowest BCUT2D eigenvalue weighted by atomic mass is 10.2. The quantitative estimate of drug-likeness (QED) is 0.829. The molecule has 2 unspecified atom stereocenters. The van der Waals surface area contributed by atoms with Gasteiger partial charge in [-0.25, -0.2) is 0 Å². The fourth-order valence-corrected chi connectivity index (χ4v) is 3.56. The van der Waals surface area contributed by atoms with Gasteiger partial charge in [0.25, 0.3) is 0 Å². The smallest absolute Gasteiger partial charge is 0.0399 e. The number of nitrogens with zero attached hydrogens (tertiary/aromatic N) is 2. The first-order chi connectivity index (χ1) is 9.74. The third kappa shape index (κ3) is 2.99. The van der Waals surface area contributed by atoms with Crippen molar-refractivity contribution in [2.24, 2.45) is 0 Å². The van der Waals surface area contributed by atoms with Crippen LogP contribution in [0.4, 0.5) is 5.69 Å². The number of para-hydroxylation sites is 1. The van der Waals surface area contributed by atoms with Crippen molar-refractivity contribution in [2.45, 2.75) is 38.3 Å². The number of nitrogens with one attached hydrogen (secondary N) is 1. The Bertz CT molecular complexity index is 436. The highest BCUT2D eigenvalue weighted by Gasteiger charge is 2.25. The Hall–Kier alpha value is -1.06. The SMILES string of the molecule is CC1CC(NCCCN2CCc3ccccc32)CN1C. The fraction of sp³-hybridized carbons (Fsp3) is 0.647. The van der Waals surface area contributed by atoms with Gasteiger partial charge in [0, 0.05) is 37.4 Å². The number of hydrogen-bond acceptors (Lipinski definition) is 3. The molecule has 1 aromatic rings. The Morgan fingerprint density at radius 3 is 2.95 bits per heavy atom. The van der Waals surface area contributed by atoms with Gasteiger partial charge in [-0.15, -0.1) is 0 Å². The molecule has 0 aromatic heterocycles. The van der Waals surface area contributed by atoms with Gasteiger partial charge in [-0.1, -0.05) is 18.2 Å². The molecule has 1 N–H and O–H groups in total. The minimum absolute atomic E-state index is 0.695. The van der Waals surface area contributed by atoms with E-state index in [0.29, 0.717) is 6.04 Å². The van der Waals surface area contributed by atoms with Crippen molar-refractivity contribution >= 4 is 5.69 Å². The lowest BCUT2D eigenvalue weighted by Gasteiger charge is -2.20. The molecule has 2 atom stereocenters. The second kappa shape index (κ2) is 6.15. The second-order valence-corrected chi connectivity index (χ2v) is 6.39. The van der Waals surface area contributed by atoms with Crippen LogP contribution in [-0.2, 0) is 6.42 Å². The summed E-state index contributed by atoms with van der Waals surface area (Å²) in [5, 5.41) is 3.72. The molecule has 0 amide bonds. The number of fused-ring (bicyclic) bond motifs is 1. The van der Waals surface area contributed by atoms with E-state index >= 15 is 0 Å². The average Bonchev–Trinajstić information content (AvgIpc) is 3.00. The lowest BCUT2D eigenvalue weighted by Crippen LogP contribution is -2.34. The number of rotatable bonds is 5. The van der Waals surface area contributed by atoms with E-state index in [1.807, 2.05) is 0 Å². The highest BCUT2D eigenvalue weighted by Crippen LogP contribution is 2.27. The van der Waals surface area contributed by atoms with Crippen LogP contribution in [-0.4, -0.2) is 50.2 Å². The van der Waals surface area contributed by atoms with Crippen molar-refractivity contribution in [3.05, 3.63) is 29.8 Å². The van der Waals surface area contributed by atoms with Crippen molar-refractivity contribution in [1.29, 1.82) is 0 Å². The van der Waals surface area contributed by atoms with Crippen molar-refractivity contribution in [3.63, 3.8) is 0 Å². The van der Waals surface area contributed by atoms with E-state index in [9.17, 15) is 0 Å². The number of likely N-dealkylation sites (N-methyl/N-ethyl adjacent to an activating group) is 1. The Balaban J connectivity index is 1.39. The second-order valence-electron chi connectivity index (χ2n) is 6.39. The maximum atomic E-state index is 3.72. The first-order valence-corrected chi connectivity index (χ1v) is 8.00.